The molecule has 0 aromatic carbocycles. The maximum absolute atomic E-state index is 11.9. The van der Waals surface area contributed by atoms with E-state index < -0.39 is 10.0 Å². The number of anilines is 1. The molecule has 1 aromatic rings. The summed E-state index contributed by atoms with van der Waals surface area (Å²) < 4.78 is 32.9. The van der Waals surface area contributed by atoms with E-state index in [9.17, 15) is 8.42 Å². The molecular weight excluding hydrogens is 256 g/mol. The van der Waals surface area contributed by atoms with Gasteiger partial charge in [-0.2, -0.15) is 10.4 Å². The fraction of sp³-hybridized carbons (Fsp3) is 0.600. The molecule has 0 bridgehead atoms. The molecule has 0 radical (unpaired) electrons. The van der Waals surface area contributed by atoms with Gasteiger partial charge in [0.15, 0.2) is 5.82 Å². The molecule has 2 heterocycles. The normalized spacial score (nSPS) is 19.7. The van der Waals surface area contributed by atoms with Gasteiger partial charge in [-0.05, 0) is 12.8 Å². The first kappa shape index (κ1) is 12.9. The van der Waals surface area contributed by atoms with E-state index in [0.29, 0.717) is 6.61 Å². The fourth-order valence-corrected chi connectivity index (χ4v) is 3.22. The van der Waals surface area contributed by atoms with Crippen LogP contribution in [0.2, 0.25) is 0 Å². The van der Waals surface area contributed by atoms with E-state index >= 15 is 0 Å². The van der Waals surface area contributed by atoms with E-state index in [0.717, 1.165) is 12.8 Å². The van der Waals surface area contributed by atoms with Crippen LogP contribution < -0.4 is 4.72 Å². The van der Waals surface area contributed by atoms with Gasteiger partial charge < -0.3 is 4.74 Å². The molecule has 98 valence electrons. The zero-order valence-corrected chi connectivity index (χ0v) is 10.8. The van der Waals surface area contributed by atoms with Gasteiger partial charge in [-0.3, -0.25) is 9.40 Å². The SMILES string of the molecule is Cn1ncc(C#N)c1NS(=O)(=O)CC1CCCO1. The highest BCUT2D eigenvalue weighted by Gasteiger charge is 2.24. The van der Waals surface area contributed by atoms with E-state index in [-0.39, 0.29) is 23.2 Å². The second kappa shape index (κ2) is 4.96. The van der Waals surface area contributed by atoms with E-state index in [1.165, 1.54) is 10.9 Å². The van der Waals surface area contributed by atoms with Gasteiger partial charge in [0.25, 0.3) is 0 Å². The number of aryl methyl sites for hydroxylation is 1. The first-order valence-corrected chi connectivity index (χ1v) is 7.21. The Morgan fingerprint density at radius 1 is 1.72 bits per heavy atom. The van der Waals surface area contributed by atoms with Gasteiger partial charge in [0, 0.05) is 13.7 Å². The first-order chi connectivity index (χ1) is 8.52. The Kier molecular flexibility index (Phi) is 3.54. The Labute approximate surface area is 105 Å². The average molecular weight is 270 g/mol. The van der Waals surface area contributed by atoms with Crippen LogP contribution in [-0.4, -0.2) is 36.7 Å². The van der Waals surface area contributed by atoms with Gasteiger partial charge in [-0.1, -0.05) is 0 Å². The summed E-state index contributed by atoms with van der Waals surface area (Å²) >= 11 is 0. The third-order valence-electron chi connectivity index (χ3n) is 2.74. The first-order valence-electron chi connectivity index (χ1n) is 5.56. The highest BCUT2D eigenvalue weighted by atomic mass is 32.2. The molecule has 1 fully saturated rings. The van der Waals surface area contributed by atoms with Gasteiger partial charge >= 0.3 is 0 Å². The van der Waals surface area contributed by atoms with Crippen LogP contribution >= 0.6 is 0 Å². The van der Waals surface area contributed by atoms with Crippen molar-refractivity contribution in [3.8, 4) is 6.07 Å². The molecule has 1 aliphatic heterocycles. The molecule has 0 aliphatic carbocycles. The number of rotatable bonds is 4. The van der Waals surface area contributed by atoms with Gasteiger partial charge in [0.1, 0.15) is 11.6 Å². The molecule has 18 heavy (non-hydrogen) atoms. The highest BCUT2D eigenvalue weighted by molar-refractivity contribution is 7.92. The lowest BCUT2D eigenvalue weighted by molar-refractivity contribution is 0.127. The lowest BCUT2D eigenvalue weighted by Gasteiger charge is -2.12. The Morgan fingerprint density at radius 2 is 2.50 bits per heavy atom. The Morgan fingerprint density at radius 3 is 3.11 bits per heavy atom. The van der Waals surface area contributed by atoms with Crippen LogP contribution in [0.5, 0.6) is 0 Å². The van der Waals surface area contributed by atoms with Gasteiger partial charge in [0.2, 0.25) is 10.0 Å². The van der Waals surface area contributed by atoms with Crippen molar-refractivity contribution in [3.63, 3.8) is 0 Å². The topological polar surface area (TPSA) is 97.0 Å². The highest BCUT2D eigenvalue weighted by Crippen LogP contribution is 2.18. The van der Waals surface area contributed by atoms with E-state index in [2.05, 4.69) is 9.82 Å². The number of nitriles is 1. The minimum absolute atomic E-state index is 0.0942. The summed E-state index contributed by atoms with van der Waals surface area (Å²) in [5.74, 6) is 0.0961. The summed E-state index contributed by atoms with van der Waals surface area (Å²) in [6, 6.07) is 1.89. The molecule has 8 heteroatoms. The second-order valence-electron chi connectivity index (χ2n) is 4.16. The van der Waals surface area contributed by atoms with Gasteiger partial charge in [0.05, 0.1) is 18.1 Å². The van der Waals surface area contributed by atoms with Crippen molar-refractivity contribution >= 4 is 15.8 Å². The standard InChI is InChI=1S/C10H14N4O3S/c1-14-10(8(5-11)6-12-14)13-18(15,16)7-9-3-2-4-17-9/h6,9,13H,2-4,7H2,1H3. The Bertz CT molecular complexity index is 566. The van der Waals surface area contributed by atoms with Crippen molar-refractivity contribution in [2.75, 3.05) is 17.1 Å². The van der Waals surface area contributed by atoms with Gasteiger partial charge in [-0.25, -0.2) is 8.42 Å². The van der Waals surface area contributed by atoms with Crippen molar-refractivity contribution < 1.29 is 13.2 Å². The molecule has 1 saturated heterocycles. The summed E-state index contributed by atoms with van der Waals surface area (Å²) in [4.78, 5) is 0. The number of ether oxygens (including phenoxy) is 1. The summed E-state index contributed by atoms with van der Waals surface area (Å²) in [6.45, 7) is 0.606. The van der Waals surface area contributed by atoms with Crippen molar-refractivity contribution in [3.05, 3.63) is 11.8 Å². The van der Waals surface area contributed by atoms with Crippen molar-refractivity contribution in [2.24, 2.45) is 7.05 Å². The van der Waals surface area contributed by atoms with Crippen LogP contribution in [0.4, 0.5) is 5.82 Å². The molecular formula is C10H14N4O3S. The molecule has 7 nitrogen and oxygen atoms in total. The van der Waals surface area contributed by atoms with Crippen molar-refractivity contribution in [1.82, 2.24) is 9.78 Å². The zero-order valence-electron chi connectivity index (χ0n) is 9.96. The predicted molar refractivity (Wildman–Crippen MR) is 64.3 cm³/mol. The molecule has 0 spiro atoms. The molecule has 1 aliphatic rings. The number of sulfonamides is 1. The van der Waals surface area contributed by atoms with Crippen molar-refractivity contribution in [1.29, 1.82) is 5.26 Å². The second-order valence-corrected chi connectivity index (χ2v) is 5.93. The monoisotopic (exact) mass is 270 g/mol. The average Bonchev–Trinajstić information content (AvgIpc) is 2.90. The Hall–Kier alpha value is -1.59. The van der Waals surface area contributed by atoms with Crippen LogP contribution in [0.15, 0.2) is 6.20 Å². The summed E-state index contributed by atoms with van der Waals surface area (Å²) in [5, 5.41) is 12.7. The summed E-state index contributed by atoms with van der Waals surface area (Å²) in [7, 11) is -1.96. The summed E-state index contributed by atoms with van der Waals surface area (Å²) in [6.07, 6.45) is 2.69. The largest absolute Gasteiger partial charge is 0.377 e. The van der Waals surface area contributed by atoms with Crippen LogP contribution in [0.1, 0.15) is 18.4 Å². The minimum Gasteiger partial charge on any atom is -0.377 e. The number of hydrogen-bond acceptors (Lipinski definition) is 5. The molecule has 0 amide bonds. The third kappa shape index (κ3) is 2.80. The lowest BCUT2D eigenvalue weighted by atomic mass is 10.3. The third-order valence-corrected chi connectivity index (χ3v) is 4.06. The number of aromatic nitrogens is 2. The maximum Gasteiger partial charge on any atom is 0.236 e. The molecule has 2 rings (SSSR count). The van der Waals surface area contributed by atoms with Crippen LogP contribution in [0.25, 0.3) is 0 Å². The van der Waals surface area contributed by atoms with Crippen LogP contribution in [-0.2, 0) is 21.8 Å². The zero-order chi connectivity index (χ0) is 13.2. The molecule has 1 aromatic heterocycles. The Balaban J connectivity index is 2.12. The van der Waals surface area contributed by atoms with Crippen molar-refractivity contribution in [2.45, 2.75) is 18.9 Å². The summed E-state index contributed by atoms with van der Waals surface area (Å²) in [5.41, 5.74) is 0.202. The predicted octanol–water partition coefficient (Wildman–Crippen LogP) is 0.212. The maximum atomic E-state index is 11.9. The molecule has 0 saturated carbocycles. The van der Waals surface area contributed by atoms with E-state index in [1.807, 2.05) is 6.07 Å². The smallest absolute Gasteiger partial charge is 0.236 e. The van der Waals surface area contributed by atoms with E-state index in [4.69, 9.17) is 10.00 Å². The van der Waals surface area contributed by atoms with Gasteiger partial charge in [-0.15, -0.1) is 0 Å². The lowest BCUT2D eigenvalue weighted by Crippen LogP contribution is -2.26. The minimum atomic E-state index is -3.53. The molecule has 1 N–H and O–H groups in total. The van der Waals surface area contributed by atoms with Crippen LogP contribution in [0.3, 0.4) is 0 Å². The molecule has 1 unspecified atom stereocenters. The number of hydrogen-bond donors (Lipinski definition) is 1. The molecule has 1 atom stereocenters. The fourth-order valence-electron chi connectivity index (χ4n) is 1.85. The quantitative estimate of drug-likeness (QED) is 0.843. The van der Waals surface area contributed by atoms with E-state index in [1.54, 1.807) is 7.05 Å². The van der Waals surface area contributed by atoms with Crippen LogP contribution in [0, 0.1) is 11.3 Å². The number of nitrogens with zero attached hydrogens (tertiary/aromatic N) is 3. The number of nitrogens with one attached hydrogen (secondary N) is 1.